The number of nitrogens with zero attached hydrogens (tertiary/aromatic N) is 2. The van der Waals surface area contributed by atoms with Crippen LogP contribution >= 0.6 is 11.6 Å². The second-order valence-electron chi connectivity index (χ2n) is 6.37. The van der Waals surface area contributed by atoms with Gasteiger partial charge in [-0.15, -0.1) is 0 Å². The second kappa shape index (κ2) is 7.85. The van der Waals surface area contributed by atoms with Crippen LogP contribution in [0.3, 0.4) is 0 Å². The number of pyridine rings is 2. The summed E-state index contributed by atoms with van der Waals surface area (Å²) in [5.41, 5.74) is 2.10. The number of nitrogens with one attached hydrogen (secondary N) is 1. The number of carbonyl (C=O) groups excluding carboxylic acids is 1. The van der Waals surface area contributed by atoms with Crippen LogP contribution in [0.15, 0.2) is 66.9 Å². The summed E-state index contributed by atoms with van der Waals surface area (Å²) < 4.78 is 13.0. The lowest BCUT2D eigenvalue weighted by atomic mass is 10.0. The Morgan fingerprint density at radius 3 is 2.52 bits per heavy atom. The number of hydrogen-bond acceptors (Lipinski definition) is 4. The molecule has 2 N–H and O–H groups in total. The maximum atomic E-state index is 13.0. The minimum atomic E-state index is -0.561. The molecule has 0 spiro atoms. The van der Waals surface area contributed by atoms with Gasteiger partial charge in [0.05, 0.1) is 5.69 Å². The van der Waals surface area contributed by atoms with E-state index in [-0.39, 0.29) is 29.3 Å². The van der Waals surface area contributed by atoms with Crippen molar-refractivity contribution in [3.63, 3.8) is 0 Å². The van der Waals surface area contributed by atoms with Crippen molar-refractivity contribution in [1.82, 2.24) is 15.3 Å². The number of aromatic nitrogens is 2. The zero-order chi connectivity index (χ0) is 20.4. The topological polar surface area (TPSA) is 75.1 Å². The lowest BCUT2D eigenvalue weighted by molar-refractivity contribution is 0.0943. The molecule has 2 heterocycles. The first-order valence-corrected chi connectivity index (χ1v) is 9.17. The molecule has 0 bridgehead atoms. The molecule has 4 rings (SSSR count). The molecule has 0 saturated heterocycles. The Labute approximate surface area is 170 Å². The number of benzene rings is 2. The molecule has 0 radical (unpaired) electrons. The number of aromatic hydroxyl groups is 1. The quantitative estimate of drug-likeness (QED) is 0.513. The predicted molar refractivity (Wildman–Crippen MR) is 109 cm³/mol. The SMILES string of the molecule is O=C(NCc1ccc(F)cc1)c1nc(-c2ccc(Cl)cc2)c2cccnc2c1O. The fourth-order valence-electron chi connectivity index (χ4n) is 2.98. The molecular weight excluding hydrogens is 393 g/mol. The summed E-state index contributed by atoms with van der Waals surface area (Å²) in [7, 11) is 0. The summed E-state index contributed by atoms with van der Waals surface area (Å²) in [6, 6.07) is 16.3. The molecule has 0 aliphatic rings. The summed E-state index contributed by atoms with van der Waals surface area (Å²) in [5, 5.41) is 14.5. The van der Waals surface area contributed by atoms with Crippen molar-refractivity contribution in [3.05, 3.63) is 89.0 Å². The predicted octanol–water partition coefficient (Wildman–Crippen LogP) is 4.72. The van der Waals surface area contributed by atoms with E-state index in [0.29, 0.717) is 16.1 Å². The molecule has 0 unspecified atom stereocenters. The van der Waals surface area contributed by atoms with Crippen LogP contribution < -0.4 is 5.32 Å². The number of carbonyl (C=O) groups is 1. The van der Waals surface area contributed by atoms with Gasteiger partial charge in [0.15, 0.2) is 11.4 Å². The van der Waals surface area contributed by atoms with Crippen LogP contribution in [0.5, 0.6) is 5.75 Å². The zero-order valence-corrected chi connectivity index (χ0v) is 15.8. The minimum Gasteiger partial charge on any atom is -0.504 e. The van der Waals surface area contributed by atoms with Gasteiger partial charge in [0.2, 0.25) is 0 Å². The maximum Gasteiger partial charge on any atom is 0.274 e. The normalized spacial score (nSPS) is 10.8. The Hall–Kier alpha value is -3.51. The van der Waals surface area contributed by atoms with Gasteiger partial charge in [-0.05, 0) is 42.0 Å². The van der Waals surface area contributed by atoms with Crippen LogP contribution in [0.4, 0.5) is 4.39 Å². The smallest absolute Gasteiger partial charge is 0.274 e. The zero-order valence-electron chi connectivity index (χ0n) is 15.1. The fourth-order valence-corrected chi connectivity index (χ4v) is 3.10. The van der Waals surface area contributed by atoms with Crippen molar-refractivity contribution in [2.75, 3.05) is 0 Å². The molecule has 29 heavy (non-hydrogen) atoms. The first kappa shape index (κ1) is 18.8. The molecule has 2 aromatic carbocycles. The van der Waals surface area contributed by atoms with Crippen molar-refractivity contribution in [1.29, 1.82) is 0 Å². The Bertz CT molecular complexity index is 1200. The third-order valence-electron chi connectivity index (χ3n) is 4.43. The lowest BCUT2D eigenvalue weighted by Gasteiger charge is -2.12. The molecule has 5 nitrogen and oxygen atoms in total. The molecule has 0 aliphatic carbocycles. The summed E-state index contributed by atoms with van der Waals surface area (Å²) in [4.78, 5) is 21.4. The number of fused-ring (bicyclic) bond motifs is 1. The highest BCUT2D eigenvalue weighted by Crippen LogP contribution is 2.33. The monoisotopic (exact) mass is 407 g/mol. The van der Waals surface area contributed by atoms with Gasteiger partial charge >= 0.3 is 0 Å². The van der Waals surface area contributed by atoms with Gasteiger partial charge in [0, 0.05) is 28.7 Å². The standard InChI is InChI=1S/C22H15ClFN3O2/c23-15-7-5-14(6-8-15)18-17-2-1-11-25-19(17)21(28)20(27-18)22(29)26-12-13-3-9-16(24)10-4-13/h1-11,28H,12H2,(H,26,29). The fraction of sp³-hybridized carbons (Fsp3) is 0.0455. The maximum absolute atomic E-state index is 13.0. The third-order valence-corrected chi connectivity index (χ3v) is 4.69. The van der Waals surface area contributed by atoms with E-state index in [1.807, 2.05) is 0 Å². The van der Waals surface area contributed by atoms with Gasteiger partial charge in [-0.3, -0.25) is 9.78 Å². The van der Waals surface area contributed by atoms with Gasteiger partial charge in [0.1, 0.15) is 11.3 Å². The van der Waals surface area contributed by atoms with Crippen molar-refractivity contribution in [2.45, 2.75) is 6.54 Å². The molecule has 0 fully saturated rings. The van der Waals surface area contributed by atoms with Gasteiger partial charge in [-0.1, -0.05) is 35.9 Å². The molecule has 144 valence electrons. The highest BCUT2D eigenvalue weighted by atomic mass is 35.5. The number of amides is 1. The molecule has 4 aromatic rings. The lowest BCUT2D eigenvalue weighted by Crippen LogP contribution is -2.24. The van der Waals surface area contributed by atoms with Gasteiger partial charge in [-0.25, -0.2) is 9.37 Å². The molecule has 0 aliphatic heterocycles. The summed E-state index contributed by atoms with van der Waals surface area (Å²) in [6.45, 7) is 0.163. The van der Waals surface area contributed by atoms with E-state index in [0.717, 1.165) is 11.1 Å². The van der Waals surface area contributed by atoms with Crippen molar-refractivity contribution in [2.24, 2.45) is 0 Å². The van der Waals surface area contributed by atoms with Gasteiger partial charge in [-0.2, -0.15) is 0 Å². The summed E-state index contributed by atoms with van der Waals surface area (Å²) in [5.74, 6) is -1.21. The van der Waals surface area contributed by atoms with Crippen LogP contribution in [0.2, 0.25) is 5.02 Å². The summed E-state index contributed by atoms with van der Waals surface area (Å²) in [6.07, 6.45) is 1.54. The van der Waals surface area contributed by atoms with Crippen LogP contribution in [-0.4, -0.2) is 21.0 Å². The van der Waals surface area contributed by atoms with E-state index in [2.05, 4.69) is 15.3 Å². The highest BCUT2D eigenvalue weighted by molar-refractivity contribution is 6.30. The van der Waals surface area contributed by atoms with Gasteiger partial charge < -0.3 is 10.4 Å². The van der Waals surface area contributed by atoms with E-state index in [1.165, 1.54) is 18.3 Å². The van der Waals surface area contributed by atoms with E-state index >= 15 is 0 Å². The molecule has 0 atom stereocenters. The third kappa shape index (κ3) is 3.88. The second-order valence-corrected chi connectivity index (χ2v) is 6.81. The van der Waals surface area contributed by atoms with Crippen LogP contribution in [0.1, 0.15) is 16.1 Å². The molecule has 0 saturated carbocycles. The average Bonchev–Trinajstić information content (AvgIpc) is 2.74. The highest BCUT2D eigenvalue weighted by Gasteiger charge is 2.20. The van der Waals surface area contributed by atoms with E-state index < -0.39 is 5.91 Å². The van der Waals surface area contributed by atoms with E-state index in [9.17, 15) is 14.3 Å². The van der Waals surface area contributed by atoms with Crippen LogP contribution in [-0.2, 0) is 6.54 Å². The van der Waals surface area contributed by atoms with Crippen molar-refractivity contribution in [3.8, 4) is 17.0 Å². The molecule has 2 aromatic heterocycles. The first-order valence-electron chi connectivity index (χ1n) is 8.79. The Balaban J connectivity index is 1.73. The Morgan fingerprint density at radius 2 is 1.79 bits per heavy atom. The first-order chi connectivity index (χ1) is 14.0. The minimum absolute atomic E-state index is 0.136. The Kier molecular flexibility index (Phi) is 5.10. The van der Waals surface area contributed by atoms with Crippen molar-refractivity contribution < 1.29 is 14.3 Å². The van der Waals surface area contributed by atoms with E-state index in [4.69, 9.17) is 11.6 Å². The van der Waals surface area contributed by atoms with Gasteiger partial charge in [0.25, 0.3) is 5.91 Å². The van der Waals surface area contributed by atoms with E-state index in [1.54, 1.807) is 48.5 Å². The number of halogens is 2. The summed E-state index contributed by atoms with van der Waals surface area (Å²) >= 11 is 5.97. The van der Waals surface area contributed by atoms with Crippen LogP contribution in [0.25, 0.3) is 22.2 Å². The average molecular weight is 408 g/mol. The number of hydrogen-bond donors (Lipinski definition) is 2. The molecule has 7 heteroatoms. The molecular formula is C22H15ClFN3O2. The Morgan fingerprint density at radius 1 is 1.07 bits per heavy atom. The molecule has 1 amide bonds. The van der Waals surface area contributed by atoms with Crippen molar-refractivity contribution >= 4 is 28.4 Å². The largest absolute Gasteiger partial charge is 0.504 e. The van der Waals surface area contributed by atoms with Crippen LogP contribution in [0, 0.1) is 5.82 Å². The number of rotatable bonds is 4.